The Bertz CT molecular complexity index is 2080. The smallest absolute Gasteiger partial charge is 0.319 e. The van der Waals surface area contributed by atoms with Crippen LogP contribution in [0, 0.1) is 24.0 Å². The van der Waals surface area contributed by atoms with E-state index in [9.17, 15) is 18.3 Å². The SMILES string of the molecule is C#Cc1c(F)ccc2cc(O)cc(-c3ncc4c(N5CC6CCC(COC)(C5)N6)nc(OC[C@@]56CCCN5CC(=C(F)F)C6)nc4c3F)c12. The standard InChI is InChI=1S/C36H34F4N6O3/c1-3-24-27(37)6-5-20-11-23(47)12-25(28(20)24)30-29(38)31-26(14-41-30)33(45-16-22-7-9-35(17-45,44-22)18-48-2)43-34(42-31)49-19-36-8-4-10-46(36)15-21(13-36)32(39)40/h1,5-6,11-12,14,22,44,47H,4,7-10,13,15-19H2,2H3/t22?,35?,36-/m0/s1. The molecule has 0 amide bonds. The van der Waals surface area contributed by atoms with Crippen LogP contribution in [0.2, 0.25) is 0 Å². The number of aromatic hydroxyl groups is 1. The molecule has 0 spiro atoms. The highest BCUT2D eigenvalue weighted by atomic mass is 19.3. The van der Waals surface area contributed by atoms with E-state index in [1.54, 1.807) is 7.11 Å². The van der Waals surface area contributed by atoms with Gasteiger partial charge < -0.3 is 24.8 Å². The lowest BCUT2D eigenvalue weighted by Crippen LogP contribution is -2.61. The van der Waals surface area contributed by atoms with Crippen molar-refractivity contribution in [3.8, 4) is 35.4 Å². The molecule has 0 saturated carbocycles. The third-order valence-corrected chi connectivity index (χ3v) is 10.6. The van der Waals surface area contributed by atoms with Crippen LogP contribution >= 0.6 is 0 Å². The molecule has 8 rings (SSSR count). The quantitative estimate of drug-likeness (QED) is 0.194. The third-order valence-electron chi connectivity index (χ3n) is 10.6. The van der Waals surface area contributed by atoms with Crippen molar-refractivity contribution in [3.05, 3.63) is 59.3 Å². The molecule has 0 radical (unpaired) electrons. The van der Waals surface area contributed by atoms with Gasteiger partial charge in [-0.2, -0.15) is 18.7 Å². The van der Waals surface area contributed by atoms with Gasteiger partial charge in [0.1, 0.15) is 35.2 Å². The van der Waals surface area contributed by atoms with Gasteiger partial charge in [-0.1, -0.05) is 12.0 Å². The average Bonchev–Trinajstić information content (AvgIpc) is 3.74. The Labute approximate surface area is 279 Å². The lowest BCUT2D eigenvalue weighted by Gasteiger charge is -2.41. The minimum atomic E-state index is -1.66. The van der Waals surface area contributed by atoms with Gasteiger partial charge in [-0.25, -0.2) is 8.78 Å². The molecule has 13 heteroatoms. The summed E-state index contributed by atoms with van der Waals surface area (Å²) in [5.41, 5.74) is -1.12. The molecule has 4 saturated heterocycles. The molecule has 2 aromatic heterocycles. The van der Waals surface area contributed by atoms with Crippen molar-refractivity contribution in [2.45, 2.75) is 49.2 Å². The second-order valence-corrected chi connectivity index (χ2v) is 13.7. The predicted molar refractivity (Wildman–Crippen MR) is 176 cm³/mol. The van der Waals surface area contributed by atoms with Crippen LogP contribution in [0.3, 0.4) is 0 Å². The number of halogens is 4. The van der Waals surface area contributed by atoms with Crippen molar-refractivity contribution in [2.75, 3.05) is 51.4 Å². The lowest BCUT2D eigenvalue weighted by atomic mass is 9.94. The topological polar surface area (TPSA) is 95.9 Å². The first-order valence-electron chi connectivity index (χ1n) is 16.3. The van der Waals surface area contributed by atoms with Crippen LogP contribution in [-0.4, -0.2) is 88.6 Å². The van der Waals surface area contributed by atoms with Gasteiger partial charge in [-0.05, 0) is 62.2 Å². The summed E-state index contributed by atoms with van der Waals surface area (Å²) in [5.74, 6) is 1.10. The summed E-state index contributed by atoms with van der Waals surface area (Å²) in [6.07, 6.45) is 9.02. The zero-order valence-electron chi connectivity index (χ0n) is 26.8. The van der Waals surface area contributed by atoms with Gasteiger partial charge in [0.2, 0.25) is 0 Å². The maximum atomic E-state index is 17.0. The molecule has 4 fully saturated rings. The number of terminal acetylenes is 1. The number of nitrogens with zero attached hydrogens (tertiary/aromatic N) is 5. The van der Waals surface area contributed by atoms with Crippen LogP contribution in [0.5, 0.6) is 11.8 Å². The summed E-state index contributed by atoms with van der Waals surface area (Å²) in [6.45, 7) is 2.49. The molecule has 4 aliphatic rings. The molecular formula is C36H34F4N6O3. The highest BCUT2D eigenvalue weighted by Crippen LogP contribution is 2.44. The van der Waals surface area contributed by atoms with Crippen LogP contribution in [0.4, 0.5) is 23.4 Å². The molecule has 2 N–H and O–H groups in total. The summed E-state index contributed by atoms with van der Waals surface area (Å²) in [6, 6.07) is 5.42. The largest absolute Gasteiger partial charge is 0.508 e. The second-order valence-electron chi connectivity index (χ2n) is 13.7. The first-order valence-corrected chi connectivity index (χ1v) is 16.3. The van der Waals surface area contributed by atoms with E-state index in [4.69, 9.17) is 20.9 Å². The van der Waals surface area contributed by atoms with Gasteiger partial charge in [0.15, 0.2) is 5.82 Å². The Morgan fingerprint density at radius 1 is 1.18 bits per heavy atom. The van der Waals surface area contributed by atoms with E-state index < -0.39 is 23.3 Å². The maximum absolute atomic E-state index is 17.0. The summed E-state index contributed by atoms with van der Waals surface area (Å²) < 4.78 is 71.0. The minimum absolute atomic E-state index is 0.0497. The van der Waals surface area contributed by atoms with Crippen LogP contribution < -0.4 is 15.0 Å². The lowest BCUT2D eigenvalue weighted by molar-refractivity contribution is 0.107. The fraction of sp³-hybridized carbons (Fsp3) is 0.417. The number of phenolic OH excluding ortho intramolecular Hbond substituents is 1. The number of anilines is 1. The number of ether oxygens (including phenoxy) is 2. The zero-order chi connectivity index (χ0) is 34.1. The first kappa shape index (κ1) is 31.7. The first-order chi connectivity index (χ1) is 23.6. The second kappa shape index (κ2) is 11.8. The van der Waals surface area contributed by atoms with Gasteiger partial charge in [0.05, 0.1) is 28.6 Å². The van der Waals surface area contributed by atoms with Crippen molar-refractivity contribution >= 4 is 27.5 Å². The molecule has 6 heterocycles. The fourth-order valence-corrected chi connectivity index (χ4v) is 8.52. The Kier molecular flexibility index (Phi) is 7.66. The van der Waals surface area contributed by atoms with Crippen molar-refractivity contribution in [1.29, 1.82) is 0 Å². The van der Waals surface area contributed by atoms with Crippen molar-refractivity contribution < 1.29 is 32.1 Å². The number of hydrogen-bond donors (Lipinski definition) is 2. The van der Waals surface area contributed by atoms with E-state index in [0.29, 0.717) is 49.3 Å². The van der Waals surface area contributed by atoms with Crippen LogP contribution in [-0.2, 0) is 4.74 Å². The van der Waals surface area contributed by atoms with Crippen molar-refractivity contribution in [1.82, 2.24) is 25.2 Å². The van der Waals surface area contributed by atoms with Gasteiger partial charge in [-0.3, -0.25) is 9.88 Å². The molecule has 2 unspecified atom stereocenters. The number of hydrogen-bond acceptors (Lipinski definition) is 9. The molecule has 2 bridgehead atoms. The number of nitrogens with one attached hydrogen (secondary N) is 1. The van der Waals surface area contributed by atoms with Crippen molar-refractivity contribution in [3.63, 3.8) is 0 Å². The zero-order valence-corrected chi connectivity index (χ0v) is 26.8. The number of methoxy groups -OCH3 is 1. The highest BCUT2D eigenvalue weighted by Gasteiger charge is 2.49. The summed E-state index contributed by atoms with van der Waals surface area (Å²) in [5, 5.41) is 15.2. The summed E-state index contributed by atoms with van der Waals surface area (Å²) in [7, 11) is 1.65. The molecule has 9 nitrogen and oxygen atoms in total. The molecule has 4 aromatic rings. The maximum Gasteiger partial charge on any atom is 0.319 e. The van der Waals surface area contributed by atoms with Gasteiger partial charge >= 0.3 is 6.01 Å². The van der Waals surface area contributed by atoms with E-state index in [1.807, 2.05) is 4.90 Å². The van der Waals surface area contributed by atoms with Crippen molar-refractivity contribution in [2.24, 2.45) is 0 Å². The number of piperazine rings is 1. The Balaban J connectivity index is 1.27. The summed E-state index contributed by atoms with van der Waals surface area (Å²) >= 11 is 0. The number of fused-ring (bicyclic) bond motifs is 5. The Morgan fingerprint density at radius 2 is 2.04 bits per heavy atom. The van der Waals surface area contributed by atoms with Crippen LogP contribution in [0.25, 0.3) is 32.9 Å². The fourth-order valence-electron chi connectivity index (χ4n) is 8.52. The monoisotopic (exact) mass is 674 g/mol. The average molecular weight is 675 g/mol. The third kappa shape index (κ3) is 5.24. The molecule has 2 aromatic carbocycles. The van der Waals surface area contributed by atoms with E-state index in [0.717, 1.165) is 19.3 Å². The van der Waals surface area contributed by atoms with Gasteiger partial charge in [-0.15, -0.1) is 6.42 Å². The van der Waals surface area contributed by atoms with Crippen LogP contribution in [0.15, 0.2) is 42.1 Å². The molecule has 49 heavy (non-hydrogen) atoms. The van der Waals surface area contributed by atoms with E-state index >= 15 is 4.39 Å². The molecular weight excluding hydrogens is 640 g/mol. The number of aromatic nitrogens is 3. The van der Waals surface area contributed by atoms with E-state index in [1.165, 1.54) is 30.5 Å². The van der Waals surface area contributed by atoms with E-state index in [2.05, 4.69) is 26.1 Å². The summed E-state index contributed by atoms with van der Waals surface area (Å²) in [4.78, 5) is 17.9. The van der Waals surface area contributed by atoms with Crippen LogP contribution in [0.1, 0.15) is 37.7 Å². The Morgan fingerprint density at radius 3 is 2.84 bits per heavy atom. The Hall–Kier alpha value is -4.51. The van der Waals surface area contributed by atoms with Gasteiger partial charge in [0, 0.05) is 55.5 Å². The minimum Gasteiger partial charge on any atom is -0.508 e. The molecule has 3 atom stereocenters. The predicted octanol–water partition coefficient (Wildman–Crippen LogP) is 5.54. The normalized spacial score (nSPS) is 24.9. The number of rotatable bonds is 7. The van der Waals surface area contributed by atoms with Gasteiger partial charge in [0.25, 0.3) is 6.08 Å². The molecule has 0 aliphatic carbocycles. The number of benzene rings is 2. The molecule has 4 aliphatic heterocycles. The molecule has 254 valence electrons. The number of phenols is 1. The number of pyridine rings is 1. The highest BCUT2D eigenvalue weighted by molar-refractivity contribution is 6.03. The van der Waals surface area contributed by atoms with E-state index in [-0.39, 0.29) is 76.2 Å².